The first-order valence-electron chi connectivity index (χ1n) is 9.29. The Kier molecular flexibility index (Phi) is 5.79. The molecule has 3 aromatic rings. The van der Waals surface area contributed by atoms with Gasteiger partial charge in [0, 0.05) is 23.7 Å². The number of carbonyl (C=O) groups excluding carboxylic acids is 1. The van der Waals surface area contributed by atoms with Crippen LogP contribution in [0.4, 0.5) is 10.1 Å². The molecule has 31 heavy (non-hydrogen) atoms. The number of nitrogens with zero attached hydrogens (tertiary/aromatic N) is 2. The highest BCUT2D eigenvalue weighted by Gasteiger charge is 2.28. The third kappa shape index (κ3) is 4.33. The summed E-state index contributed by atoms with van der Waals surface area (Å²) in [7, 11) is 1.45. The van der Waals surface area contributed by atoms with E-state index >= 15 is 0 Å². The molecule has 0 radical (unpaired) electrons. The highest BCUT2D eigenvalue weighted by Crippen LogP contribution is 2.35. The number of nitrogens with two attached hydrogens (primary N) is 1. The van der Waals surface area contributed by atoms with Crippen LogP contribution in [0.1, 0.15) is 10.4 Å². The number of primary amides is 1. The standard InChI is InChI=1S/C21H18ClFN4O3S/c1-29-19-8-17-13(7-14(19)20(24)28)18(4-5-25-17)30-12-2-3-16(15(22)6-12)26-21(31)27-9-11(23)10-27/h2-8,11H,9-10H2,1H3,(H2,24,28)(H,26,31). The van der Waals surface area contributed by atoms with Gasteiger partial charge in [-0.25, -0.2) is 4.39 Å². The van der Waals surface area contributed by atoms with Crippen molar-refractivity contribution in [2.75, 3.05) is 25.5 Å². The van der Waals surface area contributed by atoms with Gasteiger partial charge in [0.05, 0.1) is 42.0 Å². The lowest BCUT2D eigenvalue weighted by atomic mass is 10.1. The van der Waals surface area contributed by atoms with Crippen molar-refractivity contribution in [1.82, 2.24) is 9.88 Å². The van der Waals surface area contributed by atoms with Gasteiger partial charge in [-0.15, -0.1) is 0 Å². The number of carbonyl (C=O) groups is 1. The fraction of sp³-hybridized carbons (Fsp3) is 0.190. The molecule has 1 amide bonds. The molecule has 0 spiro atoms. The molecular weight excluding hydrogens is 443 g/mol. The molecule has 160 valence electrons. The van der Waals surface area contributed by atoms with Crippen molar-refractivity contribution < 1.29 is 18.7 Å². The zero-order valence-corrected chi connectivity index (χ0v) is 18.0. The fourth-order valence-corrected chi connectivity index (χ4v) is 3.65. The van der Waals surface area contributed by atoms with Crippen molar-refractivity contribution >= 4 is 51.4 Å². The molecule has 0 unspecified atom stereocenters. The van der Waals surface area contributed by atoms with Crippen molar-refractivity contribution in [2.45, 2.75) is 6.17 Å². The third-order valence-corrected chi connectivity index (χ3v) is 5.50. The topological polar surface area (TPSA) is 89.7 Å². The maximum Gasteiger partial charge on any atom is 0.252 e. The second-order valence-electron chi connectivity index (χ2n) is 6.92. The number of rotatable bonds is 5. The number of amides is 1. The van der Waals surface area contributed by atoms with Gasteiger partial charge in [0.2, 0.25) is 0 Å². The minimum absolute atomic E-state index is 0.223. The fourth-order valence-electron chi connectivity index (χ4n) is 3.17. The van der Waals surface area contributed by atoms with Crippen LogP contribution in [-0.2, 0) is 0 Å². The lowest BCUT2D eigenvalue weighted by Crippen LogP contribution is -2.52. The van der Waals surface area contributed by atoms with Gasteiger partial charge in [0.25, 0.3) is 5.91 Å². The third-order valence-electron chi connectivity index (χ3n) is 4.82. The molecular formula is C21H18ClFN4O3S. The Balaban J connectivity index is 1.59. The smallest absolute Gasteiger partial charge is 0.252 e. The summed E-state index contributed by atoms with van der Waals surface area (Å²) in [6.45, 7) is 0.551. The van der Waals surface area contributed by atoms with Crippen molar-refractivity contribution in [2.24, 2.45) is 5.73 Å². The molecule has 1 saturated heterocycles. The number of aromatic nitrogens is 1. The number of halogens is 2. The summed E-state index contributed by atoms with van der Waals surface area (Å²) in [4.78, 5) is 17.8. The number of benzene rings is 2. The van der Waals surface area contributed by atoms with Gasteiger partial charge in [-0.2, -0.15) is 0 Å². The van der Waals surface area contributed by atoms with Gasteiger partial charge >= 0.3 is 0 Å². The Labute approximate surface area is 187 Å². The molecule has 10 heteroatoms. The second-order valence-corrected chi connectivity index (χ2v) is 7.71. The molecule has 0 saturated carbocycles. The predicted octanol–water partition coefficient (Wildman–Crippen LogP) is 4.14. The molecule has 1 aromatic heterocycles. The van der Waals surface area contributed by atoms with E-state index in [0.717, 1.165) is 0 Å². The van der Waals surface area contributed by atoms with Crippen LogP contribution in [0.25, 0.3) is 10.9 Å². The second kappa shape index (κ2) is 8.52. The van der Waals surface area contributed by atoms with Crippen LogP contribution in [0, 0.1) is 0 Å². The number of thiocarbonyl (C=S) groups is 1. The largest absolute Gasteiger partial charge is 0.496 e. The Bertz CT molecular complexity index is 1190. The van der Waals surface area contributed by atoms with Gasteiger partial charge in [-0.05, 0) is 36.5 Å². The van der Waals surface area contributed by atoms with Crippen LogP contribution in [0.3, 0.4) is 0 Å². The monoisotopic (exact) mass is 460 g/mol. The van der Waals surface area contributed by atoms with Crippen LogP contribution < -0.4 is 20.5 Å². The van der Waals surface area contributed by atoms with Gasteiger partial charge < -0.3 is 25.4 Å². The quantitative estimate of drug-likeness (QED) is 0.553. The normalized spacial score (nSPS) is 13.6. The highest BCUT2D eigenvalue weighted by molar-refractivity contribution is 7.80. The first-order valence-corrected chi connectivity index (χ1v) is 10.1. The van der Waals surface area contributed by atoms with Crippen molar-refractivity contribution in [1.29, 1.82) is 0 Å². The average Bonchev–Trinajstić information content (AvgIpc) is 2.72. The van der Waals surface area contributed by atoms with Crippen LogP contribution in [-0.4, -0.2) is 47.3 Å². The molecule has 1 aliphatic rings. The lowest BCUT2D eigenvalue weighted by molar-refractivity contribution is 0.0997. The molecule has 7 nitrogen and oxygen atoms in total. The molecule has 0 aliphatic carbocycles. The number of ether oxygens (including phenoxy) is 2. The minimum atomic E-state index is -0.851. The Morgan fingerprint density at radius 1 is 1.29 bits per heavy atom. The lowest BCUT2D eigenvalue weighted by Gasteiger charge is -2.36. The summed E-state index contributed by atoms with van der Waals surface area (Å²) < 4.78 is 24.2. The number of nitrogens with one attached hydrogen (secondary N) is 1. The Morgan fingerprint density at radius 3 is 2.71 bits per heavy atom. The first-order chi connectivity index (χ1) is 14.9. The molecule has 2 aromatic carbocycles. The Morgan fingerprint density at radius 2 is 2.06 bits per heavy atom. The molecule has 0 atom stereocenters. The van der Waals surface area contributed by atoms with Gasteiger partial charge in [-0.3, -0.25) is 9.78 Å². The SMILES string of the molecule is COc1cc2nccc(Oc3ccc(NC(=S)N4CC(F)C4)c(Cl)c3)c2cc1C(N)=O. The Hall–Kier alpha value is -3.17. The van der Waals surface area contributed by atoms with Crippen LogP contribution in [0.15, 0.2) is 42.6 Å². The molecule has 1 aliphatic heterocycles. The maximum atomic E-state index is 13.0. The predicted molar refractivity (Wildman–Crippen MR) is 121 cm³/mol. The first kappa shape index (κ1) is 21.1. The van der Waals surface area contributed by atoms with E-state index in [1.54, 1.807) is 47.5 Å². The number of alkyl halides is 1. The molecule has 2 heterocycles. The van der Waals surface area contributed by atoms with E-state index in [4.69, 9.17) is 39.0 Å². The van der Waals surface area contributed by atoms with Crippen molar-refractivity contribution in [3.63, 3.8) is 0 Å². The van der Waals surface area contributed by atoms with E-state index in [1.165, 1.54) is 7.11 Å². The number of fused-ring (bicyclic) bond motifs is 1. The van der Waals surface area contributed by atoms with Crippen LogP contribution in [0.2, 0.25) is 5.02 Å². The zero-order chi connectivity index (χ0) is 22.1. The van der Waals surface area contributed by atoms with Gasteiger partial charge in [-0.1, -0.05) is 11.6 Å². The molecule has 0 bridgehead atoms. The minimum Gasteiger partial charge on any atom is -0.496 e. The van der Waals surface area contributed by atoms with Crippen LogP contribution in [0.5, 0.6) is 17.2 Å². The van der Waals surface area contributed by atoms with Gasteiger partial charge in [0.15, 0.2) is 5.11 Å². The number of hydrogen-bond donors (Lipinski definition) is 2. The molecule has 3 N–H and O–H groups in total. The number of likely N-dealkylation sites (tertiary alicyclic amines) is 1. The summed E-state index contributed by atoms with van der Waals surface area (Å²) in [6, 6.07) is 9.95. The summed E-state index contributed by atoms with van der Waals surface area (Å²) in [5.41, 5.74) is 6.85. The van der Waals surface area contributed by atoms with E-state index in [9.17, 15) is 9.18 Å². The molecule has 4 rings (SSSR count). The summed E-state index contributed by atoms with van der Waals surface area (Å²) in [5.74, 6) is 0.653. The number of anilines is 1. The van der Waals surface area contributed by atoms with E-state index in [2.05, 4.69) is 10.3 Å². The highest BCUT2D eigenvalue weighted by atomic mass is 35.5. The number of methoxy groups -OCH3 is 1. The van der Waals surface area contributed by atoms with E-state index < -0.39 is 12.1 Å². The van der Waals surface area contributed by atoms with Gasteiger partial charge in [0.1, 0.15) is 23.4 Å². The number of hydrogen-bond acceptors (Lipinski definition) is 5. The average molecular weight is 461 g/mol. The zero-order valence-electron chi connectivity index (χ0n) is 16.4. The van der Waals surface area contributed by atoms with Crippen molar-refractivity contribution in [3.8, 4) is 17.2 Å². The van der Waals surface area contributed by atoms with Crippen molar-refractivity contribution in [3.05, 3.63) is 53.2 Å². The van der Waals surface area contributed by atoms with Crippen LogP contribution >= 0.6 is 23.8 Å². The molecule has 1 fully saturated rings. The maximum absolute atomic E-state index is 13.0. The summed E-state index contributed by atoms with van der Waals surface area (Å²) in [6.07, 6.45) is 0.735. The summed E-state index contributed by atoms with van der Waals surface area (Å²) >= 11 is 11.6. The van der Waals surface area contributed by atoms with E-state index in [-0.39, 0.29) is 18.7 Å². The van der Waals surface area contributed by atoms with E-state index in [1.807, 2.05) is 0 Å². The summed E-state index contributed by atoms with van der Waals surface area (Å²) in [5, 5.41) is 4.41. The van der Waals surface area contributed by atoms with E-state index in [0.29, 0.717) is 44.0 Å². The number of pyridine rings is 1.